The van der Waals surface area contributed by atoms with Crippen LogP contribution >= 0.6 is 11.3 Å². The zero-order valence-electron chi connectivity index (χ0n) is 16.7. The Balaban J connectivity index is 1.13. The van der Waals surface area contributed by atoms with Gasteiger partial charge < -0.3 is 10.1 Å². The fraction of sp³-hybridized carbons (Fsp3) is 0.227. The molecule has 1 aliphatic rings. The van der Waals surface area contributed by atoms with Gasteiger partial charge in [-0.25, -0.2) is 4.98 Å². The Hall–Kier alpha value is -3.59. The summed E-state index contributed by atoms with van der Waals surface area (Å²) in [7, 11) is 0. The molecule has 8 nitrogen and oxygen atoms in total. The Bertz CT molecular complexity index is 1200. The highest BCUT2D eigenvalue weighted by Gasteiger charge is 2.14. The molecule has 0 spiro atoms. The molecule has 9 heteroatoms. The molecule has 156 valence electrons. The largest absolute Gasteiger partial charge is 0.493 e. The molecule has 0 saturated heterocycles. The highest BCUT2D eigenvalue weighted by molar-refractivity contribution is 7.14. The first-order chi connectivity index (χ1) is 15.2. The number of ether oxygens (including phenoxy) is 1. The average Bonchev–Trinajstić information content (AvgIpc) is 3.55. The van der Waals surface area contributed by atoms with Crippen LogP contribution in [0.1, 0.15) is 18.4 Å². The number of benzene rings is 2. The molecule has 5 rings (SSSR count). The normalized spacial score (nSPS) is 12.4. The summed E-state index contributed by atoms with van der Waals surface area (Å²) in [6, 6.07) is 15.8. The number of rotatable bonds is 7. The SMILES string of the molecule is O=C(CCCn1nnc(-c2ccccc2)n1)Nc1nc(-c2ccc3c(c2)CCO3)cs1. The quantitative estimate of drug-likeness (QED) is 0.477. The zero-order valence-corrected chi connectivity index (χ0v) is 17.5. The third kappa shape index (κ3) is 4.46. The van der Waals surface area contributed by atoms with Gasteiger partial charge in [-0.05, 0) is 35.4 Å². The van der Waals surface area contributed by atoms with Crippen LogP contribution in [0.4, 0.5) is 5.13 Å². The summed E-state index contributed by atoms with van der Waals surface area (Å²) in [5.74, 6) is 1.45. The molecule has 1 amide bonds. The second-order valence-corrected chi connectivity index (χ2v) is 8.04. The van der Waals surface area contributed by atoms with Gasteiger partial charge in [0.1, 0.15) is 5.75 Å². The molecule has 3 heterocycles. The molecule has 0 fully saturated rings. The van der Waals surface area contributed by atoms with Gasteiger partial charge in [-0.2, -0.15) is 4.80 Å². The maximum absolute atomic E-state index is 12.3. The minimum absolute atomic E-state index is 0.0772. The lowest BCUT2D eigenvalue weighted by Gasteiger charge is -2.02. The predicted molar refractivity (Wildman–Crippen MR) is 118 cm³/mol. The third-order valence-corrected chi connectivity index (χ3v) is 5.74. The average molecular weight is 433 g/mol. The molecule has 0 atom stereocenters. The Morgan fingerprint density at radius 2 is 2.06 bits per heavy atom. The van der Waals surface area contributed by atoms with E-state index in [-0.39, 0.29) is 5.91 Å². The molecule has 0 aliphatic carbocycles. The molecule has 1 aliphatic heterocycles. The Labute approximate surface area is 182 Å². The second kappa shape index (κ2) is 8.65. The number of amides is 1. The highest BCUT2D eigenvalue weighted by atomic mass is 32.1. The van der Waals surface area contributed by atoms with Gasteiger partial charge >= 0.3 is 0 Å². The van der Waals surface area contributed by atoms with Gasteiger partial charge in [0.05, 0.1) is 18.8 Å². The molecular formula is C22H20N6O2S. The maximum atomic E-state index is 12.3. The van der Waals surface area contributed by atoms with Crippen molar-refractivity contribution in [2.45, 2.75) is 25.8 Å². The van der Waals surface area contributed by atoms with Gasteiger partial charge in [0, 0.05) is 29.3 Å². The molecule has 4 aromatic rings. The van der Waals surface area contributed by atoms with Crippen molar-refractivity contribution in [1.82, 2.24) is 25.2 Å². The van der Waals surface area contributed by atoms with E-state index in [1.54, 1.807) is 0 Å². The highest BCUT2D eigenvalue weighted by Crippen LogP contribution is 2.32. The van der Waals surface area contributed by atoms with Crippen molar-refractivity contribution in [2.75, 3.05) is 11.9 Å². The van der Waals surface area contributed by atoms with Crippen molar-refractivity contribution in [2.24, 2.45) is 0 Å². The molecule has 2 aromatic carbocycles. The molecule has 0 unspecified atom stereocenters. The smallest absolute Gasteiger partial charge is 0.226 e. The van der Waals surface area contributed by atoms with Gasteiger partial charge in [0.15, 0.2) is 5.13 Å². The van der Waals surface area contributed by atoms with Crippen LogP contribution in [0.5, 0.6) is 5.75 Å². The van der Waals surface area contributed by atoms with Gasteiger partial charge in [-0.15, -0.1) is 21.5 Å². The monoisotopic (exact) mass is 432 g/mol. The van der Waals surface area contributed by atoms with Crippen molar-refractivity contribution < 1.29 is 9.53 Å². The van der Waals surface area contributed by atoms with Gasteiger partial charge in [-0.3, -0.25) is 4.79 Å². The summed E-state index contributed by atoms with van der Waals surface area (Å²) in [5.41, 5.74) is 4.01. The summed E-state index contributed by atoms with van der Waals surface area (Å²) < 4.78 is 5.55. The minimum Gasteiger partial charge on any atom is -0.493 e. The number of fused-ring (bicyclic) bond motifs is 1. The second-order valence-electron chi connectivity index (χ2n) is 7.19. The minimum atomic E-state index is -0.0772. The van der Waals surface area contributed by atoms with E-state index >= 15 is 0 Å². The molecule has 0 bridgehead atoms. The lowest BCUT2D eigenvalue weighted by molar-refractivity contribution is -0.116. The van der Waals surface area contributed by atoms with Crippen LogP contribution in [0, 0.1) is 0 Å². The first-order valence-electron chi connectivity index (χ1n) is 10.1. The molecule has 0 radical (unpaired) electrons. The van der Waals surface area contributed by atoms with Crippen LogP contribution < -0.4 is 10.1 Å². The van der Waals surface area contributed by atoms with Crippen LogP contribution in [0.2, 0.25) is 0 Å². The number of thiazole rings is 1. The number of carbonyl (C=O) groups is 1. The number of carbonyl (C=O) groups excluding carboxylic acids is 1. The summed E-state index contributed by atoms with van der Waals surface area (Å²) in [5, 5.41) is 17.9. The van der Waals surface area contributed by atoms with Gasteiger partial charge in [0.2, 0.25) is 11.7 Å². The fourth-order valence-electron chi connectivity index (χ4n) is 3.41. The molecule has 1 N–H and O–H groups in total. The Kier molecular flexibility index (Phi) is 5.40. The summed E-state index contributed by atoms with van der Waals surface area (Å²) in [6.45, 7) is 1.25. The van der Waals surface area contributed by atoms with Crippen molar-refractivity contribution in [3.63, 3.8) is 0 Å². The topological polar surface area (TPSA) is 94.8 Å². The van der Waals surface area contributed by atoms with Crippen molar-refractivity contribution in [3.05, 3.63) is 59.5 Å². The van der Waals surface area contributed by atoms with Gasteiger partial charge in [0.25, 0.3) is 0 Å². The first kappa shape index (κ1) is 19.4. The van der Waals surface area contributed by atoms with Crippen molar-refractivity contribution in [3.8, 4) is 28.4 Å². The van der Waals surface area contributed by atoms with Crippen molar-refractivity contribution in [1.29, 1.82) is 0 Å². The zero-order chi connectivity index (χ0) is 21.0. The summed E-state index contributed by atoms with van der Waals surface area (Å²) in [4.78, 5) is 18.4. The van der Waals surface area contributed by atoms with E-state index in [2.05, 4.69) is 31.8 Å². The number of hydrogen-bond acceptors (Lipinski definition) is 7. The molecule has 31 heavy (non-hydrogen) atoms. The van der Waals surface area contributed by atoms with Crippen LogP contribution in [-0.2, 0) is 17.8 Å². The van der Waals surface area contributed by atoms with E-state index in [4.69, 9.17) is 4.74 Å². The van der Waals surface area contributed by atoms with Crippen LogP contribution in [0.3, 0.4) is 0 Å². The molecule has 2 aromatic heterocycles. The van der Waals surface area contributed by atoms with E-state index in [1.807, 2.05) is 47.8 Å². The van der Waals surface area contributed by atoms with Crippen LogP contribution in [-0.4, -0.2) is 37.7 Å². The third-order valence-electron chi connectivity index (χ3n) is 4.98. The van der Waals surface area contributed by atoms with Crippen molar-refractivity contribution >= 4 is 22.4 Å². The van der Waals surface area contributed by atoms with E-state index in [0.29, 0.717) is 30.3 Å². The van der Waals surface area contributed by atoms with E-state index in [0.717, 1.165) is 35.6 Å². The van der Waals surface area contributed by atoms with E-state index < -0.39 is 0 Å². The Morgan fingerprint density at radius 3 is 2.97 bits per heavy atom. The van der Waals surface area contributed by atoms with E-state index in [1.165, 1.54) is 21.7 Å². The Morgan fingerprint density at radius 1 is 1.16 bits per heavy atom. The first-order valence-corrected chi connectivity index (χ1v) is 11.0. The number of nitrogens with one attached hydrogen (secondary N) is 1. The molecular weight excluding hydrogens is 412 g/mol. The number of hydrogen-bond donors (Lipinski definition) is 1. The molecule has 0 saturated carbocycles. The van der Waals surface area contributed by atoms with E-state index in [9.17, 15) is 4.79 Å². The van der Waals surface area contributed by atoms with Crippen LogP contribution in [0.15, 0.2) is 53.9 Å². The number of aromatic nitrogens is 5. The number of nitrogens with zero attached hydrogens (tertiary/aromatic N) is 5. The lowest BCUT2D eigenvalue weighted by Crippen LogP contribution is -2.13. The maximum Gasteiger partial charge on any atom is 0.226 e. The number of anilines is 1. The standard InChI is InChI=1S/C22H20N6O2S/c29-20(7-4-11-28-26-21(25-27-28)15-5-2-1-3-6-15)24-22-23-18(14-31-22)16-8-9-19-17(13-16)10-12-30-19/h1-3,5-6,8-9,13-14H,4,7,10-12H2,(H,23,24,29). The summed E-state index contributed by atoms with van der Waals surface area (Å²) in [6.07, 6.45) is 1.89. The predicted octanol–water partition coefficient (Wildman–Crippen LogP) is 3.82. The lowest BCUT2D eigenvalue weighted by atomic mass is 10.1. The van der Waals surface area contributed by atoms with Gasteiger partial charge in [-0.1, -0.05) is 30.3 Å². The fourth-order valence-corrected chi connectivity index (χ4v) is 4.15. The van der Waals surface area contributed by atoms with Crippen LogP contribution in [0.25, 0.3) is 22.6 Å². The number of tetrazole rings is 1. The number of aryl methyl sites for hydroxylation is 1. The summed E-state index contributed by atoms with van der Waals surface area (Å²) >= 11 is 1.42.